The normalized spacial score (nSPS) is 25.4. The van der Waals surface area contributed by atoms with Crippen molar-refractivity contribution in [3.63, 3.8) is 0 Å². The second-order valence-corrected chi connectivity index (χ2v) is 6.98. The molecular formula is C18H24N2O. The Balaban J connectivity index is 1.38. The van der Waals surface area contributed by atoms with E-state index in [4.69, 9.17) is 0 Å². The highest BCUT2D eigenvalue weighted by atomic mass is 16.2. The maximum absolute atomic E-state index is 12.4. The fourth-order valence-corrected chi connectivity index (χ4v) is 3.75. The van der Waals surface area contributed by atoms with E-state index in [1.807, 2.05) is 12.1 Å². The molecule has 0 spiro atoms. The molecule has 1 aromatic rings. The van der Waals surface area contributed by atoms with E-state index < -0.39 is 0 Å². The lowest BCUT2D eigenvalue weighted by Crippen LogP contribution is -2.42. The van der Waals surface area contributed by atoms with Crippen molar-refractivity contribution in [1.82, 2.24) is 5.32 Å². The molecule has 3 nitrogen and oxygen atoms in total. The van der Waals surface area contributed by atoms with Gasteiger partial charge in [-0.15, -0.1) is 0 Å². The molecule has 1 atom stereocenters. The van der Waals surface area contributed by atoms with Crippen LogP contribution in [0.2, 0.25) is 0 Å². The third-order valence-corrected chi connectivity index (χ3v) is 5.35. The number of aryl methyl sites for hydroxylation is 1. The summed E-state index contributed by atoms with van der Waals surface area (Å²) in [7, 11) is 0. The summed E-state index contributed by atoms with van der Waals surface area (Å²) in [5.74, 6) is 2.85. The number of amides is 1. The number of para-hydroxylation sites is 1. The Labute approximate surface area is 126 Å². The minimum atomic E-state index is -0.0302. The zero-order valence-corrected chi connectivity index (χ0v) is 12.5. The van der Waals surface area contributed by atoms with E-state index in [1.165, 1.54) is 31.2 Å². The average Bonchev–Trinajstić information content (AvgIpc) is 3.37. The molecule has 2 fully saturated rings. The topological polar surface area (TPSA) is 41.1 Å². The first kappa shape index (κ1) is 13.3. The summed E-state index contributed by atoms with van der Waals surface area (Å²) < 4.78 is 0. The standard InChI is InChI=1S/C18H24N2O/c21-18-17(10-9-14-3-1-2-4-16(14)20-18)19-11-15(12-5-6-12)13-7-8-13/h1-4,12-13,15,17,19H,5-11H2,(H,20,21). The molecule has 21 heavy (non-hydrogen) atoms. The first-order valence-corrected chi connectivity index (χ1v) is 8.43. The van der Waals surface area contributed by atoms with Crippen LogP contribution in [0.5, 0.6) is 0 Å². The number of rotatable bonds is 5. The van der Waals surface area contributed by atoms with Gasteiger partial charge in [0.2, 0.25) is 5.91 Å². The monoisotopic (exact) mass is 284 g/mol. The highest BCUT2D eigenvalue weighted by Crippen LogP contribution is 2.48. The predicted octanol–water partition coefficient (Wildman–Crippen LogP) is 2.97. The first-order valence-electron chi connectivity index (χ1n) is 8.43. The van der Waals surface area contributed by atoms with Crippen LogP contribution in [0.15, 0.2) is 24.3 Å². The summed E-state index contributed by atoms with van der Waals surface area (Å²) in [5, 5.41) is 6.66. The summed E-state index contributed by atoms with van der Waals surface area (Å²) >= 11 is 0. The van der Waals surface area contributed by atoms with Crippen LogP contribution in [0.4, 0.5) is 5.69 Å². The minimum absolute atomic E-state index is 0.0302. The van der Waals surface area contributed by atoms with Crippen molar-refractivity contribution in [2.75, 3.05) is 11.9 Å². The van der Waals surface area contributed by atoms with Crippen LogP contribution in [0.25, 0.3) is 0 Å². The van der Waals surface area contributed by atoms with Gasteiger partial charge < -0.3 is 10.6 Å². The fourth-order valence-electron chi connectivity index (χ4n) is 3.75. The molecule has 0 saturated heterocycles. The van der Waals surface area contributed by atoms with Gasteiger partial charge in [0.05, 0.1) is 6.04 Å². The number of carbonyl (C=O) groups is 1. The number of hydrogen-bond donors (Lipinski definition) is 2. The molecule has 2 N–H and O–H groups in total. The summed E-state index contributed by atoms with van der Waals surface area (Å²) in [5.41, 5.74) is 2.25. The number of benzene rings is 1. The molecule has 2 saturated carbocycles. The van der Waals surface area contributed by atoms with E-state index in [1.54, 1.807) is 0 Å². The van der Waals surface area contributed by atoms with Gasteiger partial charge in [-0.3, -0.25) is 4.79 Å². The number of hydrogen-bond acceptors (Lipinski definition) is 2. The van der Waals surface area contributed by atoms with E-state index in [0.29, 0.717) is 0 Å². The fraction of sp³-hybridized carbons (Fsp3) is 0.611. The van der Waals surface area contributed by atoms with Crippen LogP contribution in [-0.2, 0) is 11.2 Å². The molecule has 1 heterocycles. The molecule has 0 radical (unpaired) electrons. The van der Waals surface area contributed by atoms with Crippen molar-refractivity contribution in [2.45, 2.75) is 44.6 Å². The number of carbonyl (C=O) groups excluding carboxylic acids is 1. The number of fused-ring (bicyclic) bond motifs is 1. The van der Waals surface area contributed by atoms with E-state index in [2.05, 4.69) is 22.8 Å². The van der Waals surface area contributed by atoms with Gasteiger partial charge in [-0.2, -0.15) is 0 Å². The molecule has 3 heteroatoms. The SMILES string of the molecule is O=C1Nc2ccccc2CCC1NCC(C1CC1)C1CC1. The zero-order chi connectivity index (χ0) is 14.2. The van der Waals surface area contributed by atoms with Gasteiger partial charge >= 0.3 is 0 Å². The maximum atomic E-state index is 12.4. The molecule has 0 aromatic heterocycles. The minimum Gasteiger partial charge on any atom is -0.324 e. The quantitative estimate of drug-likeness (QED) is 0.873. The van der Waals surface area contributed by atoms with E-state index in [9.17, 15) is 4.79 Å². The Kier molecular flexibility index (Phi) is 3.46. The van der Waals surface area contributed by atoms with Gasteiger partial charge in [-0.25, -0.2) is 0 Å². The van der Waals surface area contributed by atoms with E-state index in [0.717, 1.165) is 42.8 Å². The third-order valence-electron chi connectivity index (χ3n) is 5.35. The molecule has 1 aliphatic heterocycles. The average molecular weight is 284 g/mol. The Hall–Kier alpha value is -1.35. The lowest BCUT2D eigenvalue weighted by Gasteiger charge is -2.21. The lowest BCUT2D eigenvalue weighted by molar-refractivity contribution is -0.118. The maximum Gasteiger partial charge on any atom is 0.241 e. The van der Waals surface area contributed by atoms with Crippen LogP contribution in [0.3, 0.4) is 0 Å². The molecule has 4 rings (SSSR count). The predicted molar refractivity (Wildman–Crippen MR) is 84.1 cm³/mol. The second-order valence-electron chi connectivity index (χ2n) is 6.98. The van der Waals surface area contributed by atoms with Crippen molar-refractivity contribution in [3.8, 4) is 0 Å². The van der Waals surface area contributed by atoms with Crippen LogP contribution in [-0.4, -0.2) is 18.5 Å². The molecule has 2 aliphatic carbocycles. The van der Waals surface area contributed by atoms with Crippen molar-refractivity contribution in [1.29, 1.82) is 0 Å². The Bertz CT molecular complexity index is 522. The van der Waals surface area contributed by atoms with Gasteiger partial charge in [0.1, 0.15) is 0 Å². The largest absolute Gasteiger partial charge is 0.324 e. The third kappa shape index (κ3) is 2.98. The Morgan fingerprint density at radius 2 is 1.81 bits per heavy atom. The van der Waals surface area contributed by atoms with Crippen molar-refractivity contribution < 1.29 is 4.79 Å². The molecular weight excluding hydrogens is 260 g/mol. The second kappa shape index (κ2) is 5.45. The van der Waals surface area contributed by atoms with Crippen LogP contribution >= 0.6 is 0 Å². The Morgan fingerprint density at radius 1 is 1.10 bits per heavy atom. The van der Waals surface area contributed by atoms with Crippen LogP contribution in [0, 0.1) is 17.8 Å². The van der Waals surface area contributed by atoms with Crippen LogP contribution in [0.1, 0.15) is 37.7 Å². The Morgan fingerprint density at radius 3 is 2.52 bits per heavy atom. The summed E-state index contributed by atoms with van der Waals surface area (Å²) in [4.78, 5) is 12.4. The summed E-state index contributed by atoms with van der Waals surface area (Å²) in [6, 6.07) is 8.14. The van der Waals surface area contributed by atoms with Crippen molar-refractivity contribution >= 4 is 11.6 Å². The molecule has 112 valence electrons. The first-order chi connectivity index (χ1) is 10.3. The highest BCUT2D eigenvalue weighted by Gasteiger charge is 2.41. The molecule has 3 aliphatic rings. The molecule has 1 aromatic carbocycles. The summed E-state index contributed by atoms with van der Waals surface area (Å²) in [6.45, 7) is 1.03. The van der Waals surface area contributed by atoms with Crippen LogP contribution < -0.4 is 10.6 Å². The zero-order valence-electron chi connectivity index (χ0n) is 12.5. The lowest BCUT2D eigenvalue weighted by atomic mass is 9.97. The van der Waals surface area contributed by atoms with Gasteiger partial charge in [-0.1, -0.05) is 18.2 Å². The van der Waals surface area contributed by atoms with E-state index in [-0.39, 0.29) is 11.9 Å². The van der Waals surface area contributed by atoms with Gasteiger partial charge in [-0.05, 0) is 74.5 Å². The smallest absolute Gasteiger partial charge is 0.241 e. The molecule has 1 unspecified atom stereocenters. The van der Waals surface area contributed by atoms with Gasteiger partial charge in [0.15, 0.2) is 0 Å². The number of anilines is 1. The van der Waals surface area contributed by atoms with Crippen molar-refractivity contribution in [3.05, 3.63) is 29.8 Å². The van der Waals surface area contributed by atoms with Gasteiger partial charge in [0, 0.05) is 5.69 Å². The molecule has 0 bridgehead atoms. The summed E-state index contributed by atoms with van der Waals surface area (Å²) in [6.07, 6.45) is 7.52. The highest BCUT2D eigenvalue weighted by molar-refractivity contribution is 5.96. The van der Waals surface area contributed by atoms with Gasteiger partial charge in [0.25, 0.3) is 0 Å². The molecule has 1 amide bonds. The van der Waals surface area contributed by atoms with Crippen molar-refractivity contribution in [2.24, 2.45) is 17.8 Å². The van der Waals surface area contributed by atoms with E-state index >= 15 is 0 Å². The number of nitrogens with one attached hydrogen (secondary N) is 2.